The minimum absolute atomic E-state index is 0.474. The second-order valence-electron chi connectivity index (χ2n) is 3.77. The molecule has 0 bridgehead atoms. The highest BCUT2D eigenvalue weighted by molar-refractivity contribution is 5.85. The molecule has 2 aromatic rings. The highest BCUT2D eigenvalue weighted by Gasteiger charge is 2.01. The standard InChI is InChI=1S/C13H15N3O2/c1-18-13(17)16-12-4-2-3-11(7-12)15-9-10-5-6-14-8-10/h2-8,14-15H,9H2,1H3,(H,16,17). The van der Waals surface area contributed by atoms with Crippen LogP contribution in [0.5, 0.6) is 0 Å². The van der Waals surface area contributed by atoms with Crippen molar-refractivity contribution in [3.63, 3.8) is 0 Å². The van der Waals surface area contributed by atoms with Crippen LogP contribution >= 0.6 is 0 Å². The molecule has 18 heavy (non-hydrogen) atoms. The van der Waals surface area contributed by atoms with E-state index < -0.39 is 6.09 Å². The third-order valence-electron chi connectivity index (χ3n) is 2.45. The topological polar surface area (TPSA) is 66.2 Å². The Kier molecular flexibility index (Phi) is 3.86. The number of aromatic amines is 1. The summed E-state index contributed by atoms with van der Waals surface area (Å²) in [4.78, 5) is 14.1. The lowest BCUT2D eigenvalue weighted by atomic mass is 10.2. The molecule has 0 unspecified atom stereocenters. The van der Waals surface area contributed by atoms with Crippen molar-refractivity contribution in [1.82, 2.24) is 4.98 Å². The summed E-state index contributed by atoms with van der Waals surface area (Å²) in [5, 5.41) is 5.88. The van der Waals surface area contributed by atoms with Crippen LogP contribution in [-0.4, -0.2) is 18.2 Å². The summed E-state index contributed by atoms with van der Waals surface area (Å²) in [6, 6.07) is 9.46. The van der Waals surface area contributed by atoms with Crippen LogP contribution in [0.25, 0.3) is 0 Å². The average Bonchev–Trinajstić information content (AvgIpc) is 2.90. The number of amides is 1. The Labute approximate surface area is 105 Å². The average molecular weight is 245 g/mol. The van der Waals surface area contributed by atoms with Crippen molar-refractivity contribution in [1.29, 1.82) is 0 Å². The van der Waals surface area contributed by atoms with Crippen molar-refractivity contribution in [3.05, 3.63) is 48.3 Å². The number of aromatic nitrogens is 1. The van der Waals surface area contributed by atoms with Gasteiger partial charge in [0, 0.05) is 30.3 Å². The second-order valence-corrected chi connectivity index (χ2v) is 3.77. The number of benzene rings is 1. The maximum atomic E-state index is 11.1. The molecule has 5 heteroatoms. The van der Waals surface area contributed by atoms with Crippen molar-refractivity contribution < 1.29 is 9.53 Å². The first-order chi connectivity index (χ1) is 8.78. The van der Waals surface area contributed by atoms with Crippen molar-refractivity contribution in [3.8, 4) is 0 Å². The molecule has 0 saturated carbocycles. The fourth-order valence-electron chi connectivity index (χ4n) is 1.55. The van der Waals surface area contributed by atoms with Crippen LogP contribution in [-0.2, 0) is 11.3 Å². The van der Waals surface area contributed by atoms with Gasteiger partial charge in [-0.25, -0.2) is 4.79 Å². The Bertz CT molecular complexity index is 509. The normalized spacial score (nSPS) is 9.83. The summed E-state index contributed by atoms with van der Waals surface area (Å²) in [6.07, 6.45) is 3.34. The first-order valence-electron chi connectivity index (χ1n) is 5.58. The van der Waals surface area contributed by atoms with E-state index in [-0.39, 0.29) is 0 Å². The zero-order chi connectivity index (χ0) is 12.8. The van der Waals surface area contributed by atoms with Gasteiger partial charge in [0.1, 0.15) is 0 Å². The van der Waals surface area contributed by atoms with Crippen LogP contribution in [0.3, 0.4) is 0 Å². The quantitative estimate of drug-likeness (QED) is 0.776. The number of methoxy groups -OCH3 is 1. The van der Waals surface area contributed by atoms with Gasteiger partial charge in [0.15, 0.2) is 0 Å². The zero-order valence-corrected chi connectivity index (χ0v) is 10.1. The van der Waals surface area contributed by atoms with E-state index in [0.717, 1.165) is 12.2 Å². The predicted molar refractivity (Wildman–Crippen MR) is 70.6 cm³/mol. The maximum absolute atomic E-state index is 11.1. The zero-order valence-electron chi connectivity index (χ0n) is 10.1. The molecule has 0 aliphatic heterocycles. The minimum atomic E-state index is -0.474. The van der Waals surface area contributed by atoms with Gasteiger partial charge in [-0.3, -0.25) is 5.32 Å². The summed E-state index contributed by atoms with van der Waals surface area (Å²) in [7, 11) is 1.34. The van der Waals surface area contributed by atoms with Crippen LogP contribution < -0.4 is 10.6 Å². The lowest BCUT2D eigenvalue weighted by Crippen LogP contribution is -2.11. The van der Waals surface area contributed by atoms with Crippen molar-refractivity contribution >= 4 is 17.5 Å². The van der Waals surface area contributed by atoms with E-state index in [9.17, 15) is 4.79 Å². The third-order valence-corrected chi connectivity index (χ3v) is 2.45. The summed E-state index contributed by atoms with van der Waals surface area (Å²) >= 11 is 0. The smallest absolute Gasteiger partial charge is 0.411 e. The molecule has 2 rings (SSSR count). The van der Waals surface area contributed by atoms with E-state index in [2.05, 4.69) is 20.4 Å². The van der Waals surface area contributed by atoms with E-state index in [0.29, 0.717) is 5.69 Å². The predicted octanol–water partition coefficient (Wildman–Crippen LogP) is 2.81. The molecule has 0 aliphatic rings. The Morgan fingerprint density at radius 1 is 1.33 bits per heavy atom. The second kappa shape index (κ2) is 5.77. The molecule has 0 fully saturated rings. The minimum Gasteiger partial charge on any atom is -0.453 e. The molecule has 0 atom stereocenters. The number of hydrogen-bond donors (Lipinski definition) is 3. The van der Waals surface area contributed by atoms with Crippen molar-refractivity contribution in [2.75, 3.05) is 17.7 Å². The molecular formula is C13H15N3O2. The number of carbonyl (C=O) groups is 1. The molecule has 0 spiro atoms. The summed E-state index contributed by atoms with van der Waals surface area (Å²) in [5.74, 6) is 0. The lowest BCUT2D eigenvalue weighted by molar-refractivity contribution is 0.187. The number of ether oxygens (including phenoxy) is 1. The van der Waals surface area contributed by atoms with E-state index in [1.165, 1.54) is 12.7 Å². The first-order valence-corrected chi connectivity index (χ1v) is 5.58. The molecule has 3 N–H and O–H groups in total. The van der Waals surface area contributed by atoms with E-state index in [1.807, 2.05) is 36.7 Å². The molecule has 5 nitrogen and oxygen atoms in total. The maximum Gasteiger partial charge on any atom is 0.411 e. The number of hydrogen-bond acceptors (Lipinski definition) is 3. The van der Waals surface area contributed by atoms with E-state index in [4.69, 9.17) is 0 Å². The lowest BCUT2D eigenvalue weighted by Gasteiger charge is -2.08. The molecule has 1 aromatic carbocycles. The number of carbonyl (C=O) groups excluding carboxylic acids is 1. The Morgan fingerprint density at radius 2 is 2.17 bits per heavy atom. The third kappa shape index (κ3) is 3.28. The molecule has 1 heterocycles. The molecule has 0 aliphatic carbocycles. The molecule has 1 amide bonds. The molecular weight excluding hydrogens is 230 g/mol. The number of rotatable bonds is 4. The summed E-state index contributed by atoms with van der Waals surface area (Å²) in [6.45, 7) is 0.727. The van der Waals surface area contributed by atoms with Gasteiger partial charge < -0.3 is 15.0 Å². The van der Waals surface area contributed by atoms with Crippen molar-refractivity contribution in [2.24, 2.45) is 0 Å². The van der Waals surface area contributed by atoms with Gasteiger partial charge >= 0.3 is 6.09 Å². The molecule has 0 radical (unpaired) electrons. The van der Waals surface area contributed by atoms with E-state index in [1.54, 1.807) is 6.07 Å². The van der Waals surface area contributed by atoms with Gasteiger partial charge in [-0.2, -0.15) is 0 Å². The van der Waals surface area contributed by atoms with Gasteiger partial charge in [0.25, 0.3) is 0 Å². The number of nitrogens with one attached hydrogen (secondary N) is 3. The van der Waals surface area contributed by atoms with Gasteiger partial charge in [-0.1, -0.05) is 6.07 Å². The summed E-state index contributed by atoms with van der Waals surface area (Å²) in [5.41, 5.74) is 2.80. The highest BCUT2D eigenvalue weighted by Crippen LogP contribution is 2.16. The van der Waals surface area contributed by atoms with Gasteiger partial charge in [-0.15, -0.1) is 0 Å². The Hall–Kier alpha value is -2.43. The molecule has 1 aromatic heterocycles. The fourth-order valence-corrected chi connectivity index (χ4v) is 1.55. The van der Waals surface area contributed by atoms with Crippen LogP contribution in [0.4, 0.5) is 16.2 Å². The van der Waals surface area contributed by atoms with Crippen LogP contribution in [0.1, 0.15) is 5.56 Å². The van der Waals surface area contributed by atoms with Crippen molar-refractivity contribution in [2.45, 2.75) is 6.54 Å². The Balaban J connectivity index is 1.96. The van der Waals surface area contributed by atoms with Crippen LogP contribution in [0, 0.1) is 0 Å². The van der Waals surface area contributed by atoms with Crippen LogP contribution in [0.15, 0.2) is 42.7 Å². The number of anilines is 2. The monoisotopic (exact) mass is 245 g/mol. The number of H-pyrrole nitrogens is 1. The SMILES string of the molecule is COC(=O)Nc1cccc(NCc2cc[nH]c2)c1. The first kappa shape index (κ1) is 12.0. The molecule has 94 valence electrons. The van der Waals surface area contributed by atoms with Crippen LogP contribution in [0.2, 0.25) is 0 Å². The van der Waals surface area contributed by atoms with E-state index >= 15 is 0 Å². The Morgan fingerprint density at radius 3 is 2.89 bits per heavy atom. The van der Waals surface area contributed by atoms with Gasteiger partial charge in [0.05, 0.1) is 7.11 Å². The van der Waals surface area contributed by atoms with Gasteiger partial charge in [0.2, 0.25) is 0 Å². The largest absolute Gasteiger partial charge is 0.453 e. The molecule has 0 saturated heterocycles. The van der Waals surface area contributed by atoms with Gasteiger partial charge in [-0.05, 0) is 29.8 Å². The summed E-state index contributed by atoms with van der Waals surface area (Å²) < 4.78 is 4.54. The highest BCUT2D eigenvalue weighted by atomic mass is 16.5. The fraction of sp³-hybridized carbons (Fsp3) is 0.154.